The Kier molecular flexibility index (Phi) is 8.77. The molecule has 0 atom stereocenters. The van der Waals surface area contributed by atoms with E-state index in [1.54, 1.807) is 18.2 Å². The number of benzene rings is 4. The molecule has 4 aromatic carbocycles. The first-order valence-corrected chi connectivity index (χ1v) is 17.7. The van der Waals surface area contributed by atoms with E-state index in [4.69, 9.17) is 11.6 Å². The zero-order valence-corrected chi connectivity index (χ0v) is 27.0. The van der Waals surface area contributed by atoms with Gasteiger partial charge >= 0.3 is 0 Å². The standard InChI is InChI=1S/C34H24ClF2N3O6S2/c35-23-12-14-30-28(17-23)31(27-10-5-15-38-33(27)41)32(40(30)19-22-11-13-24(36)18-29(22)37)34(42)39-48(45,46)26-9-4-6-21(16-26)20-47(43,44)25-7-2-1-3-8-25/h1-18H,19-20H2,(H,38,41)(H,39,42). The van der Waals surface area contributed by atoms with Gasteiger partial charge in [0.2, 0.25) is 0 Å². The summed E-state index contributed by atoms with van der Waals surface area (Å²) in [5.74, 6) is -3.41. The zero-order chi connectivity index (χ0) is 34.2. The van der Waals surface area contributed by atoms with Gasteiger partial charge in [-0.05, 0) is 66.2 Å². The first kappa shape index (κ1) is 32.8. The molecule has 6 aromatic rings. The Hall–Kier alpha value is -5.11. The molecule has 0 radical (unpaired) electrons. The minimum absolute atomic E-state index is 0.00115. The van der Waals surface area contributed by atoms with Crippen molar-refractivity contribution in [1.82, 2.24) is 14.3 Å². The largest absolute Gasteiger partial charge is 0.331 e. The van der Waals surface area contributed by atoms with Crippen LogP contribution in [0.1, 0.15) is 21.6 Å². The van der Waals surface area contributed by atoms with Crippen molar-refractivity contribution in [2.75, 3.05) is 0 Å². The summed E-state index contributed by atoms with van der Waals surface area (Å²) in [4.78, 5) is 29.4. The molecule has 2 aromatic heterocycles. The molecule has 14 heteroatoms. The molecule has 6 rings (SSSR count). The summed E-state index contributed by atoms with van der Waals surface area (Å²) < 4.78 is 85.3. The molecule has 0 aliphatic carbocycles. The maximum atomic E-state index is 14.9. The quantitative estimate of drug-likeness (QED) is 0.187. The number of rotatable bonds is 9. The molecule has 0 aliphatic heterocycles. The van der Waals surface area contributed by atoms with Crippen molar-refractivity contribution in [1.29, 1.82) is 0 Å². The van der Waals surface area contributed by atoms with Crippen molar-refractivity contribution in [3.8, 4) is 11.1 Å². The van der Waals surface area contributed by atoms with Crippen LogP contribution in [0.25, 0.3) is 22.0 Å². The van der Waals surface area contributed by atoms with E-state index in [9.17, 15) is 35.2 Å². The summed E-state index contributed by atoms with van der Waals surface area (Å²) in [5.41, 5.74) is -0.474. The molecule has 0 unspecified atom stereocenters. The van der Waals surface area contributed by atoms with Gasteiger partial charge in [0.25, 0.3) is 21.5 Å². The maximum Gasteiger partial charge on any atom is 0.282 e. The first-order valence-electron chi connectivity index (χ1n) is 14.2. The van der Waals surface area contributed by atoms with Gasteiger partial charge in [-0.2, -0.15) is 0 Å². The maximum absolute atomic E-state index is 14.9. The normalized spacial score (nSPS) is 11.9. The van der Waals surface area contributed by atoms with Gasteiger partial charge in [0.15, 0.2) is 9.84 Å². The van der Waals surface area contributed by atoms with Crippen LogP contribution in [0.15, 0.2) is 124 Å². The second-order valence-corrected chi connectivity index (χ2v) is 14.9. The summed E-state index contributed by atoms with van der Waals surface area (Å²) in [5, 5.41) is 0.528. The third kappa shape index (κ3) is 6.52. The second-order valence-electron chi connectivity index (χ2n) is 10.8. The van der Waals surface area contributed by atoms with Crippen LogP contribution in [0.2, 0.25) is 5.02 Å². The van der Waals surface area contributed by atoms with E-state index in [2.05, 4.69) is 4.98 Å². The van der Waals surface area contributed by atoms with Crippen LogP contribution < -0.4 is 10.3 Å². The van der Waals surface area contributed by atoms with Crippen molar-refractivity contribution >= 4 is 48.3 Å². The van der Waals surface area contributed by atoms with E-state index < -0.39 is 53.6 Å². The van der Waals surface area contributed by atoms with Gasteiger partial charge in [-0.15, -0.1) is 0 Å². The Bertz CT molecular complexity index is 2500. The Morgan fingerprint density at radius 1 is 0.833 bits per heavy atom. The van der Waals surface area contributed by atoms with Crippen LogP contribution in [-0.4, -0.2) is 32.3 Å². The fourth-order valence-corrected chi connectivity index (χ4v) is 7.95. The summed E-state index contributed by atoms with van der Waals surface area (Å²) in [6.07, 6.45) is 1.38. The smallest absolute Gasteiger partial charge is 0.282 e. The molecule has 2 N–H and O–H groups in total. The minimum Gasteiger partial charge on any atom is -0.331 e. The van der Waals surface area contributed by atoms with Gasteiger partial charge < -0.3 is 9.55 Å². The Balaban J connectivity index is 1.46. The zero-order valence-electron chi connectivity index (χ0n) is 24.7. The Morgan fingerprint density at radius 2 is 1.58 bits per heavy atom. The average Bonchev–Trinajstić information content (AvgIpc) is 3.35. The van der Waals surface area contributed by atoms with Crippen molar-refractivity contribution in [2.45, 2.75) is 22.1 Å². The number of carbonyl (C=O) groups excluding carboxylic acids is 1. The second kappa shape index (κ2) is 12.8. The Labute approximate surface area is 278 Å². The van der Waals surface area contributed by atoms with Crippen LogP contribution in [0.3, 0.4) is 0 Å². The highest BCUT2D eigenvalue weighted by molar-refractivity contribution is 7.90. The van der Waals surface area contributed by atoms with E-state index in [1.807, 2.05) is 4.72 Å². The summed E-state index contributed by atoms with van der Waals surface area (Å²) in [6, 6.07) is 23.2. The van der Waals surface area contributed by atoms with Gasteiger partial charge in [0.05, 0.1) is 22.1 Å². The number of hydrogen-bond donors (Lipinski definition) is 2. The molecule has 2 heterocycles. The van der Waals surface area contributed by atoms with Gasteiger partial charge in [-0.3, -0.25) is 9.59 Å². The number of nitrogens with one attached hydrogen (secondary N) is 2. The molecule has 0 saturated carbocycles. The lowest BCUT2D eigenvalue weighted by atomic mass is 10.0. The SMILES string of the molecule is O=C(NS(=O)(=O)c1cccc(CS(=O)(=O)c2ccccc2)c1)c1c(-c2ccc[nH]c2=O)c2cc(Cl)ccc2n1Cc1ccc(F)cc1F. The number of carbonyl (C=O) groups is 1. The molecule has 9 nitrogen and oxygen atoms in total. The molecule has 0 fully saturated rings. The van der Waals surface area contributed by atoms with Crippen molar-refractivity contribution < 1.29 is 30.4 Å². The van der Waals surface area contributed by atoms with E-state index in [0.29, 0.717) is 11.6 Å². The Morgan fingerprint density at radius 3 is 2.31 bits per heavy atom. The molecular weight excluding hydrogens is 684 g/mol. The number of sulfone groups is 1. The lowest BCUT2D eigenvalue weighted by molar-refractivity contribution is 0.0974. The van der Waals surface area contributed by atoms with Crippen molar-refractivity contribution in [2.24, 2.45) is 0 Å². The van der Waals surface area contributed by atoms with E-state index in [0.717, 1.165) is 12.1 Å². The van der Waals surface area contributed by atoms with Crippen molar-refractivity contribution in [3.63, 3.8) is 0 Å². The molecule has 48 heavy (non-hydrogen) atoms. The topological polar surface area (TPSA) is 135 Å². The summed E-state index contributed by atoms with van der Waals surface area (Å²) in [6.45, 7) is -0.357. The van der Waals surface area contributed by atoms with E-state index >= 15 is 0 Å². The molecule has 0 saturated heterocycles. The number of aromatic amines is 1. The monoisotopic (exact) mass is 707 g/mol. The van der Waals surface area contributed by atoms with Gasteiger partial charge in [0.1, 0.15) is 17.3 Å². The highest BCUT2D eigenvalue weighted by atomic mass is 35.5. The lowest BCUT2D eigenvalue weighted by Gasteiger charge is -2.14. The molecule has 0 bridgehead atoms. The molecule has 1 amide bonds. The van der Waals surface area contributed by atoms with Gasteiger partial charge in [0, 0.05) is 44.9 Å². The van der Waals surface area contributed by atoms with E-state index in [-0.39, 0.29) is 49.8 Å². The van der Waals surface area contributed by atoms with Crippen LogP contribution in [0.4, 0.5) is 8.78 Å². The number of nitrogens with zero attached hydrogens (tertiary/aromatic N) is 1. The number of hydrogen-bond acceptors (Lipinski definition) is 6. The number of halogens is 3. The number of H-pyrrole nitrogens is 1. The number of fused-ring (bicyclic) bond motifs is 1. The predicted molar refractivity (Wildman–Crippen MR) is 177 cm³/mol. The highest BCUT2D eigenvalue weighted by Crippen LogP contribution is 2.36. The van der Waals surface area contributed by atoms with Crippen LogP contribution in [0.5, 0.6) is 0 Å². The lowest BCUT2D eigenvalue weighted by Crippen LogP contribution is -2.33. The third-order valence-corrected chi connectivity index (χ3v) is 10.8. The third-order valence-electron chi connectivity index (χ3n) is 7.57. The fraction of sp³-hybridized carbons (Fsp3) is 0.0588. The van der Waals surface area contributed by atoms with Crippen LogP contribution in [0, 0.1) is 11.6 Å². The fourth-order valence-electron chi connectivity index (χ4n) is 5.40. The van der Waals surface area contributed by atoms with Gasteiger partial charge in [-0.25, -0.2) is 30.3 Å². The predicted octanol–water partition coefficient (Wildman–Crippen LogP) is 6.07. The van der Waals surface area contributed by atoms with Crippen LogP contribution in [-0.2, 0) is 32.2 Å². The average molecular weight is 708 g/mol. The number of aromatic nitrogens is 2. The molecular formula is C34H24ClF2N3O6S2. The molecule has 0 spiro atoms. The molecule has 0 aliphatic rings. The highest BCUT2D eigenvalue weighted by Gasteiger charge is 2.30. The van der Waals surface area contributed by atoms with Crippen molar-refractivity contribution in [3.05, 3.63) is 153 Å². The van der Waals surface area contributed by atoms with Crippen LogP contribution >= 0.6 is 11.6 Å². The number of sulfonamides is 1. The number of pyridine rings is 1. The molecule has 244 valence electrons. The summed E-state index contributed by atoms with van der Waals surface area (Å²) >= 11 is 6.31. The van der Waals surface area contributed by atoms with Gasteiger partial charge in [-0.1, -0.05) is 48.0 Å². The van der Waals surface area contributed by atoms with E-state index in [1.165, 1.54) is 77.5 Å². The minimum atomic E-state index is -4.65. The first-order chi connectivity index (χ1) is 22.8. The number of amides is 1. The summed E-state index contributed by atoms with van der Waals surface area (Å²) in [7, 11) is -8.48.